The molecule has 0 atom stereocenters. The van der Waals surface area contributed by atoms with Crippen LogP contribution < -0.4 is 11.3 Å². The fourth-order valence-corrected chi connectivity index (χ4v) is 0.869. The predicted molar refractivity (Wildman–Crippen MR) is 55.9 cm³/mol. The van der Waals surface area contributed by atoms with Crippen LogP contribution in [0.25, 0.3) is 0 Å². The Hall–Kier alpha value is -2.11. The number of halogens is 3. The van der Waals surface area contributed by atoms with Gasteiger partial charge >= 0.3 is 12.1 Å². The number of nitrogens with one attached hydrogen (secondary N) is 1. The first-order valence-electron chi connectivity index (χ1n) is 4.54. The van der Waals surface area contributed by atoms with Crippen LogP contribution in [-0.2, 0) is 11.3 Å². The lowest BCUT2D eigenvalue weighted by Gasteiger charge is -1.98. The maximum Gasteiger partial charge on any atom is 0.490 e. The third kappa shape index (κ3) is 6.47. The molecule has 0 radical (unpaired) electrons. The van der Waals surface area contributed by atoms with E-state index in [-0.39, 0.29) is 0 Å². The van der Waals surface area contributed by atoms with Crippen molar-refractivity contribution in [2.75, 3.05) is 0 Å². The highest BCUT2D eigenvalue weighted by Crippen LogP contribution is 2.13. The summed E-state index contributed by atoms with van der Waals surface area (Å²) >= 11 is 0. The smallest absolute Gasteiger partial charge is 0.475 e. The van der Waals surface area contributed by atoms with Gasteiger partial charge in [-0.15, -0.1) is 0 Å². The van der Waals surface area contributed by atoms with Gasteiger partial charge in [-0.3, -0.25) is 11.3 Å². The van der Waals surface area contributed by atoms with E-state index < -0.39 is 12.1 Å². The standard InChI is InChI=1S/C8H9N3.C2HF3O2/c9-5-7-2-1-3-8(4-7)6-11-10;3-2(4,5)1(6)7/h1-4,11H,6,10H2;(H,6,7). The van der Waals surface area contributed by atoms with Gasteiger partial charge in [0, 0.05) is 6.54 Å². The van der Waals surface area contributed by atoms with Crippen molar-refractivity contribution >= 4 is 5.97 Å². The van der Waals surface area contributed by atoms with E-state index in [0.717, 1.165) is 5.56 Å². The SMILES string of the molecule is N#Cc1cccc(CNN)c1.O=C(O)C(F)(F)F. The van der Waals surface area contributed by atoms with Crippen LogP contribution in [0, 0.1) is 11.3 Å². The van der Waals surface area contributed by atoms with Crippen LogP contribution in [0.4, 0.5) is 13.2 Å². The molecule has 1 aromatic rings. The number of carboxylic acid groups (broad SMARTS) is 1. The van der Waals surface area contributed by atoms with Crippen molar-refractivity contribution in [2.45, 2.75) is 12.7 Å². The van der Waals surface area contributed by atoms with Crippen molar-refractivity contribution in [3.63, 3.8) is 0 Å². The molecular formula is C10H10F3N3O2. The summed E-state index contributed by atoms with van der Waals surface area (Å²) < 4.78 is 31.7. The van der Waals surface area contributed by atoms with Crippen molar-refractivity contribution in [1.29, 1.82) is 5.26 Å². The number of hydrazine groups is 1. The first-order chi connectivity index (χ1) is 8.31. The van der Waals surface area contributed by atoms with E-state index in [2.05, 4.69) is 11.5 Å². The largest absolute Gasteiger partial charge is 0.490 e. The lowest BCUT2D eigenvalue weighted by atomic mass is 10.1. The molecule has 0 aliphatic heterocycles. The molecule has 1 rings (SSSR count). The molecule has 0 amide bonds. The number of nitriles is 1. The van der Waals surface area contributed by atoms with Crippen LogP contribution in [0.2, 0.25) is 0 Å². The van der Waals surface area contributed by atoms with Gasteiger partial charge in [-0.2, -0.15) is 18.4 Å². The van der Waals surface area contributed by atoms with E-state index in [0.29, 0.717) is 12.1 Å². The molecule has 0 saturated heterocycles. The molecule has 4 N–H and O–H groups in total. The number of carboxylic acids is 1. The topological polar surface area (TPSA) is 99.1 Å². The van der Waals surface area contributed by atoms with Gasteiger partial charge in [-0.1, -0.05) is 12.1 Å². The molecular weight excluding hydrogens is 251 g/mol. The number of benzene rings is 1. The molecule has 1 aromatic carbocycles. The molecule has 0 spiro atoms. The van der Waals surface area contributed by atoms with Crippen LogP contribution in [0.5, 0.6) is 0 Å². The van der Waals surface area contributed by atoms with Crippen LogP contribution in [0.15, 0.2) is 24.3 Å². The Balaban J connectivity index is 0.000000360. The van der Waals surface area contributed by atoms with Crippen LogP contribution in [0.3, 0.4) is 0 Å². The molecule has 5 nitrogen and oxygen atoms in total. The fourth-order valence-electron chi connectivity index (χ4n) is 0.869. The minimum absolute atomic E-state index is 0.593. The summed E-state index contributed by atoms with van der Waals surface area (Å²) in [4.78, 5) is 8.90. The van der Waals surface area contributed by atoms with Crippen molar-refractivity contribution in [3.05, 3.63) is 35.4 Å². The second-order valence-electron chi connectivity index (χ2n) is 3.00. The number of rotatable bonds is 2. The zero-order valence-electron chi connectivity index (χ0n) is 9.03. The molecule has 0 saturated carbocycles. The number of alkyl halides is 3. The molecule has 0 aliphatic rings. The molecule has 0 aromatic heterocycles. The molecule has 0 heterocycles. The monoisotopic (exact) mass is 261 g/mol. The quantitative estimate of drug-likeness (QED) is 0.548. The summed E-state index contributed by atoms with van der Waals surface area (Å²) in [6.07, 6.45) is -5.08. The average molecular weight is 261 g/mol. The fraction of sp³-hybridized carbons (Fsp3) is 0.200. The Labute approximate surface area is 101 Å². The maximum atomic E-state index is 10.6. The van der Waals surface area contributed by atoms with Crippen LogP contribution in [0.1, 0.15) is 11.1 Å². The number of aliphatic carboxylic acids is 1. The van der Waals surface area contributed by atoms with E-state index in [9.17, 15) is 13.2 Å². The first kappa shape index (κ1) is 15.9. The van der Waals surface area contributed by atoms with E-state index in [1.54, 1.807) is 12.1 Å². The summed E-state index contributed by atoms with van der Waals surface area (Å²) in [5.41, 5.74) is 4.21. The number of nitrogens with zero attached hydrogens (tertiary/aromatic N) is 1. The zero-order chi connectivity index (χ0) is 14.2. The molecule has 0 aliphatic carbocycles. The lowest BCUT2D eigenvalue weighted by molar-refractivity contribution is -0.192. The second kappa shape index (κ2) is 7.26. The summed E-state index contributed by atoms with van der Waals surface area (Å²) in [6, 6.07) is 9.38. The van der Waals surface area contributed by atoms with Gasteiger partial charge in [-0.05, 0) is 17.7 Å². The number of hydrogen-bond acceptors (Lipinski definition) is 4. The van der Waals surface area contributed by atoms with Crippen molar-refractivity contribution in [3.8, 4) is 6.07 Å². The van der Waals surface area contributed by atoms with Gasteiger partial charge in [0.15, 0.2) is 0 Å². The zero-order valence-corrected chi connectivity index (χ0v) is 9.03. The van der Waals surface area contributed by atoms with Gasteiger partial charge < -0.3 is 5.11 Å². The average Bonchev–Trinajstić information content (AvgIpc) is 2.29. The highest BCUT2D eigenvalue weighted by molar-refractivity contribution is 5.73. The van der Waals surface area contributed by atoms with Gasteiger partial charge in [0.25, 0.3) is 0 Å². The van der Waals surface area contributed by atoms with E-state index in [1.165, 1.54) is 0 Å². The third-order valence-corrected chi connectivity index (χ3v) is 1.60. The van der Waals surface area contributed by atoms with Gasteiger partial charge in [0.05, 0.1) is 11.6 Å². The Morgan fingerprint density at radius 3 is 2.44 bits per heavy atom. The van der Waals surface area contributed by atoms with Gasteiger partial charge in [-0.25, -0.2) is 4.79 Å². The third-order valence-electron chi connectivity index (χ3n) is 1.60. The Bertz CT molecular complexity index is 441. The number of hydrogen-bond donors (Lipinski definition) is 3. The summed E-state index contributed by atoms with van der Waals surface area (Å²) in [5, 5.41) is 15.7. The van der Waals surface area contributed by atoms with E-state index in [1.807, 2.05) is 12.1 Å². The molecule has 18 heavy (non-hydrogen) atoms. The number of carbonyl (C=O) groups is 1. The van der Waals surface area contributed by atoms with Crippen molar-refractivity contribution in [2.24, 2.45) is 5.84 Å². The Morgan fingerprint density at radius 2 is 2.06 bits per heavy atom. The Kier molecular flexibility index (Phi) is 6.41. The molecule has 98 valence electrons. The minimum Gasteiger partial charge on any atom is -0.475 e. The molecule has 0 fully saturated rings. The van der Waals surface area contributed by atoms with E-state index in [4.69, 9.17) is 21.0 Å². The van der Waals surface area contributed by atoms with Crippen LogP contribution in [-0.4, -0.2) is 17.3 Å². The number of nitrogens with two attached hydrogens (primary N) is 1. The normalized spacial score (nSPS) is 9.94. The predicted octanol–water partition coefficient (Wildman–Crippen LogP) is 1.15. The summed E-state index contributed by atoms with van der Waals surface area (Å²) in [5.74, 6) is 2.36. The first-order valence-corrected chi connectivity index (χ1v) is 4.54. The molecule has 8 heteroatoms. The summed E-state index contributed by atoms with van der Waals surface area (Å²) in [6.45, 7) is 0.593. The lowest BCUT2D eigenvalue weighted by Crippen LogP contribution is -2.21. The van der Waals surface area contributed by atoms with Crippen molar-refractivity contribution < 1.29 is 23.1 Å². The molecule has 0 unspecified atom stereocenters. The van der Waals surface area contributed by atoms with Crippen LogP contribution >= 0.6 is 0 Å². The molecule has 0 bridgehead atoms. The van der Waals surface area contributed by atoms with Crippen molar-refractivity contribution in [1.82, 2.24) is 5.43 Å². The van der Waals surface area contributed by atoms with E-state index >= 15 is 0 Å². The van der Waals surface area contributed by atoms with Gasteiger partial charge in [0.1, 0.15) is 0 Å². The maximum absolute atomic E-state index is 10.6. The summed E-state index contributed by atoms with van der Waals surface area (Å²) in [7, 11) is 0. The highest BCUT2D eigenvalue weighted by atomic mass is 19.4. The Morgan fingerprint density at radius 1 is 1.50 bits per heavy atom. The highest BCUT2D eigenvalue weighted by Gasteiger charge is 2.38. The minimum atomic E-state index is -5.08. The second-order valence-corrected chi connectivity index (χ2v) is 3.00. The van der Waals surface area contributed by atoms with Gasteiger partial charge in [0.2, 0.25) is 0 Å².